The molecule has 1 amide bonds. The lowest BCUT2D eigenvalue weighted by atomic mass is 10.1. The second kappa shape index (κ2) is 6.45. The Hall–Kier alpha value is -2.28. The van der Waals surface area contributed by atoms with Crippen LogP contribution in [0.1, 0.15) is 18.7 Å². The molecule has 2 N–H and O–H groups in total. The number of carboxylic acid groups (broad SMARTS) is 1. The first-order chi connectivity index (χ1) is 11.0. The van der Waals surface area contributed by atoms with Crippen LogP contribution in [-0.2, 0) is 0 Å². The van der Waals surface area contributed by atoms with Gasteiger partial charge >= 0.3 is 6.09 Å². The van der Waals surface area contributed by atoms with E-state index in [0.29, 0.717) is 5.02 Å². The highest BCUT2D eigenvalue weighted by molar-refractivity contribution is 6.30. The second-order valence-electron chi connectivity index (χ2n) is 5.57. The van der Waals surface area contributed by atoms with E-state index in [1.54, 1.807) is 0 Å². The van der Waals surface area contributed by atoms with E-state index in [9.17, 15) is 4.79 Å². The summed E-state index contributed by atoms with van der Waals surface area (Å²) in [5.74, 6) is 1.58. The monoisotopic (exact) mass is 335 g/mol. The zero-order valence-corrected chi connectivity index (χ0v) is 13.5. The van der Waals surface area contributed by atoms with Gasteiger partial charge in [-0.05, 0) is 44.0 Å². The standard InChI is InChI=1S/C15H18ClN5O2/c1-10-18-19-14(21(10)13-4-2-11(16)3-5-13)20-8-6-12(7-9-20)17-15(22)23/h2-5,12,17H,6-9H2,1H3,(H,22,23). The van der Waals surface area contributed by atoms with Crippen molar-refractivity contribution in [2.45, 2.75) is 25.8 Å². The van der Waals surface area contributed by atoms with Crippen LogP contribution in [0.5, 0.6) is 0 Å². The van der Waals surface area contributed by atoms with E-state index >= 15 is 0 Å². The number of hydrogen-bond donors (Lipinski definition) is 2. The third kappa shape index (κ3) is 3.39. The van der Waals surface area contributed by atoms with Gasteiger partial charge in [-0.15, -0.1) is 10.2 Å². The van der Waals surface area contributed by atoms with Crippen molar-refractivity contribution in [3.63, 3.8) is 0 Å². The molecule has 1 aromatic heterocycles. The van der Waals surface area contributed by atoms with Crippen LogP contribution in [0.2, 0.25) is 5.02 Å². The molecule has 1 aliphatic heterocycles. The van der Waals surface area contributed by atoms with E-state index in [1.807, 2.05) is 35.8 Å². The summed E-state index contributed by atoms with van der Waals surface area (Å²) in [6.07, 6.45) is 0.529. The van der Waals surface area contributed by atoms with E-state index in [-0.39, 0.29) is 6.04 Å². The average molecular weight is 336 g/mol. The normalized spacial score (nSPS) is 15.7. The van der Waals surface area contributed by atoms with Crippen molar-refractivity contribution < 1.29 is 9.90 Å². The van der Waals surface area contributed by atoms with Crippen molar-refractivity contribution in [2.75, 3.05) is 18.0 Å². The Kier molecular flexibility index (Phi) is 4.38. The molecule has 1 aliphatic rings. The molecule has 0 saturated carbocycles. The fourth-order valence-corrected chi connectivity index (χ4v) is 2.97. The number of hydrogen-bond acceptors (Lipinski definition) is 4. The molecular weight excluding hydrogens is 318 g/mol. The van der Waals surface area contributed by atoms with Gasteiger partial charge in [-0.1, -0.05) is 11.6 Å². The van der Waals surface area contributed by atoms with Crippen molar-refractivity contribution in [3.05, 3.63) is 35.1 Å². The van der Waals surface area contributed by atoms with Gasteiger partial charge in [0.1, 0.15) is 5.82 Å². The van der Waals surface area contributed by atoms with Gasteiger partial charge in [0.15, 0.2) is 0 Å². The van der Waals surface area contributed by atoms with Gasteiger partial charge in [-0.3, -0.25) is 4.57 Å². The van der Waals surface area contributed by atoms with Gasteiger partial charge in [0.2, 0.25) is 5.95 Å². The summed E-state index contributed by atoms with van der Waals surface area (Å²) in [6.45, 7) is 3.37. The number of halogens is 1. The Morgan fingerprint density at radius 2 is 1.91 bits per heavy atom. The maximum absolute atomic E-state index is 10.7. The van der Waals surface area contributed by atoms with Crippen LogP contribution < -0.4 is 10.2 Å². The molecule has 23 heavy (non-hydrogen) atoms. The molecule has 0 aliphatic carbocycles. The van der Waals surface area contributed by atoms with Crippen molar-refractivity contribution in [1.29, 1.82) is 0 Å². The molecule has 3 rings (SSSR count). The molecule has 8 heteroatoms. The molecule has 2 heterocycles. The van der Waals surface area contributed by atoms with Crippen molar-refractivity contribution in [2.24, 2.45) is 0 Å². The van der Waals surface area contributed by atoms with E-state index < -0.39 is 6.09 Å². The minimum Gasteiger partial charge on any atom is -0.465 e. The number of rotatable bonds is 3. The Morgan fingerprint density at radius 3 is 2.52 bits per heavy atom. The number of anilines is 1. The Morgan fingerprint density at radius 1 is 1.26 bits per heavy atom. The maximum Gasteiger partial charge on any atom is 0.404 e. The minimum atomic E-state index is -0.969. The zero-order valence-electron chi connectivity index (χ0n) is 12.7. The molecule has 0 atom stereocenters. The van der Waals surface area contributed by atoms with E-state index in [2.05, 4.69) is 20.4 Å². The molecule has 0 bridgehead atoms. The summed E-state index contributed by atoms with van der Waals surface area (Å²) in [4.78, 5) is 12.9. The smallest absolute Gasteiger partial charge is 0.404 e. The number of aromatic nitrogens is 3. The highest BCUT2D eigenvalue weighted by Gasteiger charge is 2.24. The number of nitrogens with zero attached hydrogens (tertiary/aromatic N) is 4. The molecule has 1 saturated heterocycles. The van der Waals surface area contributed by atoms with Crippen LogP contribution in [0.4, 0.5) is 10.7 Å². The molecule has 122 valence electrons. The third-order valence-electron chi connectivity index (χ3n) is 4.00. The van der Waals surface area contributed by atoms with Crippen molar-refractivity contribution in [1.82, 2.24) is 20.1 Å². The van der Waals surface area contributed by atoms with Crippen LogP contribution in [0.3, 0.4) is 0 Å². The van der Waals surface area contributed by atoms with Gasteiger partial charge in [-0.2, -0.15) is 0 Å². The number of benzene rings is 1. The van der Waals surface area contributed by atoms with Crippen LogP contribution >= 0.6 is 11.6 Å². The lowest BCUT2D eigenvalue weighted by Gasteiger charge is -2.32. The van der Waals surface area contributed by atoms with Crippen LogP contribution in [0.25, 0.3) is 5.69 Å². The fourth-order valence-electron chi connectivity index (χ4n) is 2.85. The first-order valence-electron chi connectivity index (χ1n) is 7.47. The summed E-state index contributed by atoms with van der Waals surface area (Å²) in [5.41, 5.74) is 0.956. The fraction of sp³-hybridized carbons (Fsp3) is 0.400. The van der Waals surface area contributed by atoms with E-state index in [4.69, 9.17) is 16.7 Å². The van der Waals surface area contributed by atoms with Gasteiger partial charge in [0.25, 0.3) is 0 Å². The average Bonchev–Trinajstić information content (AvgIpc) is 2.90. The maximum atomic E-state index is 10.7. The lowest BCUT2D eigenvalue weighted by molar-refractivity contribution is 0.187. The topological polar surface area (TPSA) is 83.3 Å². The molecular formula is C15H18ClN5O2. The highest BCUT2D eigenvalue weighted by atomic mass is 35.5. The van der Waals surface area contributed by atoms with Crippen molar-refractivity contribution >= 4 is 23.6 Å². The van der Waals surface area contributed by atoms with E-state index in [1.165, 1.54) is 0 Å². The minimum absolute atomic E-state index is 0.00301. The summed E-state index contributed by atoms with van der Waals surface area (Å²) in [5, 5.41) is 20.5. The van der Waals surface area contributed by atoms with Crippen LogP contribution in [0, 0.1) is 6.92 Å². The highest BCUT2D eigenvalue weighted by Crippen LogP contribution is 2.24. The molecule has 0 radical (unpaired) electrons. The molecule has 0 unspecified atom stereocenters. The summed E-state index contributed by atoms with van der Waals surface area (Å²) >= 11 is 5.95. The quantitative estimate of drug-likeness (QED) is 0.900. The predicted molar refractivity (Wildman–Crippen MR) is 87.5 cm³/mol. The first kappa shape index (κ1) is 15.6. The summed E-state index contributed by atoms with van der Waals surface area (Å²) in [7, 11) is 0. The molecule has 0 spiro atoms. The van der Waals surface area contributed by atoms with Crippen molar-refractivity contribution in [3.8, 4) is 5.69 Å². The van der Waals surface area contributed by atoms with E-state index in [0.717, 1.165) is 43.4 Å². The molecule has 1 aromatic carbocycles. The van der Waals surface area contributed by atoms with Gasteiger partial charge < -0.3 is 15.3 Å². The lowest BCUT2D eigenvalue weighted by Crippen LogP contribution is -2.45. The van der Waals surface area contributed by atoms with Crippen LogP contribution in [0.15, 0.2) is 24.3 Å². The Bertz CT molecular complexity index is 692. The van der Waals surface area contributed by atoms with Crippen LogP contribution in [-0.4, -0.2) is 45.1 Å². The number of nitrogens with one attached hydrogen (secondary N) is 1. The molecule has 7 nitrogen and oxygen atoms in total. The Balaban J connectivity index is 1.80. The number of amides is 1. The molecule has 2 aromatic rings. The summed E-state index contributed by atoms with van der Waals surface area (Å²) in [6, 6.07) is 7.53. The third-order valence-corrected chi connectivity index (χ3v) is 4.25. The Labute approximate surface area is 138 Å². The number of carbonyl (C=O) groups is 1. The second-order valence-corrected chi connectivity index (χ2v) is 6.01. The largest absolute Gasteiger partial charge is 0.465 e. The first-order valence-corrected chi connectivity index (χ1v) is 7.85. The summed E-state index contributed by atoms with van der Waals surface area (Å²) < 4.78 is 1.99. The van der Waals surface area contributed by atoms with Gasteiger partial charge in [0, 0.05) is 24.2 Å². The predicted octanol–water partition coefficient (Wildman–Crippen LogP) is 2.47. The number of piperidine rings is 1. The SMILES string of the molecule is Cc1nnc(N2CCC(NC(=O)O)CC2)n1-c1ccc(Cl)cc1. The molecule has 1 fully saturated rings. The zero-order chi connectivity index (χ0) is 16.4. The van der Waals surface area contributed by atoms with Gasteiger partial charge in [-0.25, -0.2) is 4.79 Å². The number of aryl methyl sites for hydroxylation is 1. The van der Waals surface area contributed by atoms with Gasteiger partial charge in [0.05, 0.1) is 5.69 Å².